The molecule has 2 aliphatic rings. The fraction of sp³-hybridized carbons (Fsp3) is 0.0175. The molecule has 11 aromatic rings. The molecule has 0 fully saturated rings. The summed E-state index contributed by atoms with van der Waals surface area (Å²) in [6.07, 6.45) is 0. The average Bonchev–Trinajstić information content (AvgIpc) is 4.04. The van der Waals surface area contributed by atoms with Crippen LogP contribution in [0.3, 0.4) is 0 Å². The first-order valence-corrected chi connectivity index (χ1v) is 20.7. The van der Waals surface area contributed by atoms with Crippen molar-refractivity contribution in [2.45, 2.75) is 5.41 Å². The summed E-state index contributed by atoms with van der Waals surface area (Å²) in [5.74, 6) is 1.00. The van der Waals surface area contributed by atoms with E-state index < -0.39 is 5.41 Å². The number of aromatic nitrogens is 1. The number of anilines is 3. The van der Waals surface area contributed by atoms with Crippen molar-refractivity contribution in [1.29, 1.82) is 0 Å². The molecule has 0 N–H and O–H groups in total. The molecule has 60 heavy (non-hydrogen) atoms. The van der Waals surface area contributed by atoms with Gasteiger partial charge < -0.3 is 13.9 Å². The first kappa shape index (κ1) is 33.1. The quantitative estimate of drug-likeness (QED) is 0.174. The van der Waals surface area contributed by atoms with Gasteiger partial charge in [-0.15, -0.1) is 0 Å². The van der Waals surface area contributed by atoms with Crippen LogP contribution in [-0.2, 0) is 5.41 Å². The third-order valence-electron chi connectivity index (χ3n) is 13.0. The number of fused-ring (bicyclic) bond motifs is 15. The van der Waals surface area contributed by atoms with Gasteiger partial charge in [0, 0.05) is 44.3 Å². The second kappa shape index (κ2) is 12.6. The Kier molecular flexibility index (Phi) is 6.93. The van der Waals surface area contributed by atoms with Gasteiger partial charge in [-0.05, 0) is 99.6 Å². The number of para-hydroxylation sites is 3. The summed E-state index contributed by atoms with van der Waals surface area (Å²) in [4.78, 5) is 2.47. The molecule has 3 nitrogen and oxygen atoms in total. The molecular formula is C57H36N2O. The zero-order valence-electron chi connectivity index (χ0n) is 32.6. The van der Waals surface area contributed by atoms with Gasteiger partial charge >= 0.3 is 0 Å². The first-order valence-electron chi connectivity index (χ1n) is 20.7. The van der Waals surface area contributed by atoms with Gasteiger partial charge in [-0.3, -0.25) is 0 Å². The van der Waals surface area contributed by atoms with E-state index in [4.69, 9.17) is 4.42 Å². The molecule has 2 heterocycles. The molecule has 0 saturated heterocycles. The highest BCUT2D eigenvalue weighted by atomic mass is 16.3. The zero-order valence-corrected chi connectivity index (χ0v) is 32.6. The normalized spacial score (nSPS) is 14.7. The molecule has 0 aliphatic heterocycles. The van der Waals surface area contributed by atoms with Crippen LogP contribution in [0, 0.1) is 0 Å². The fourth-order valence-electron chi connectivity index (χ4n) is 10.6. The van der Waals surface area contributed by atoms with Crippen molar-refractivity contribution in [3.05, 3.63) is 241 Å². The van der Waals surface area contributed by atoms with E-state index in [0.29, 0.717) is 0 Å². The molecule has 0 amide bonds. The minimum atomic E-state index is -0.622. The molecule has 0 radical (unpaired) electrons. The molecule has 13 rings (SSSR count). The Morgan fingerprint density at radius 2 is 0.983 bits per heavy atom. The van der Waals surface area contributed by atoms with Crippen LogP contribution in [0.5, 0.6) is 0 Å². The summed E-state index contributed by atoms with van der Waals surface area (Å²) >= 11 is 0. The maximum Gasteiger partial charge on any atom is 0.135 e. The Labute approximate surface area is 347 Å². The summed E-state index contributed by atoms with van der Waals surface area (Å²) < 4.78 is 9.47. The Morgan fingerprint density at radius 3 is 1.77 bits per heavy atom. The van der Waals surface area contributed by atoms with Crippen LogP contribution in [0.15, 0.2) is 223 Å². The summed E-state index contributed by atoms with van der Waals surface area (Å²) in [5.41, 5.74) is 18.1. The largest absolute Gasteiger partial charge is 0.459 e. The molecule has 1 spiro atoms. The van der Waals surface area contributed by atoms with Crippen LogP contribution in [0.25, 0.3) is 71.8 Å². The fourth-order valence-corrected chi connectivity index (χ4v) is 10.6. The summed E-state index contributed by atoms with van der Waals surface area (Å²) in [5, 5.41) is 3.58. The maximum absolute atomic E-state index is 7.08. The van der Waals surface area contributed by atoms with Crippen LogP contribution in [0.4, 0.5) is 17.1 Å². The van der Waals surface area contributed by atoms with Crippen LogP contribution in [-0.4, -0.2) is 4.57 Å². The minimum absolute atomic E-state index is 0.622. The van der Waals surface area contributed by atoms with Gasteiger partial charge in [-0.25, -0.2) is 0 Å². The van der Waals surface area contributed by atoms with Crippen molar-refractivity contribution in [1.82, 2.24) is 4.57 Å². The number of benzene rings is 9. The lowest BCUT2D eigenvalue weighted by Crippen LogP contribution is -2.25. The molecule has 2 aliphatic carbocycles. The van der Waals surface area contributed by atoms with Crippen LogP contribution in [0.1, 0.15) is 22.5 Å². The third-order valence-corrected chi connectivity index (χ3v) is 13.0. The Bertz CT molecular complexity index is 3490. The van der Waals surface area contributed by atoms with Gasteiger partial charge in [0.05, 0.1) is 16.7 Å². The third kappa shape index (κ3) is 4.44. The van der Waals surface area contributed by atoms with Gasteiger partial charge in [0.15, 0.2) is 0 Å². The molecule has 1 atom stereocenters. The second-order valence-corrected chi connectivity index (χ2v) is 16.0. The molecule has 0 bridgehead atoms. The molecule has 280 valence electrons. The van der Waals surface area contributed by atoms with Crippen molar-refractivity contribution in [2.24, 2.45) is 0 Å². The van der Waals surface area contributed by atoms with E-state index in [-0.39, 0.29) is 0 Å². The van der Waals surface area contributed by atoms with Gasteiger partial charge in [0.2, 0.25) is 0 Å². The lowest BCUT2D eigenvalue weighted by Gasteiger charge is -2.30. The van der Waals surface area contributed by atoms with Crippen LogP contribution >= 0.6 is 0 Å². The van der Waals surface area contributed by atoms with Gasteiger partial charge in [0.1, 0.15) is 16.8 Å². The van der Waals surface area contributed by atoms with E-state index in [1.54, 1.807) is 0 Å². The number of rotatable bonds is 5. The van der Waals surface area contributed by atoms with E-state index in [1.165, 1.54) is 71.9 Å². The SMILES string of the molecule is c1ccc(-c2ccc(N(c3ccc4c(c3)c3ccccc3n4-c3ccccc3)c3cccc4c3-c3ccccc3C43c4ccccc4-c4c3oc3ccccc43)cc2)cc1. The molecule has 0 saturated carbocycles. The first-order chi connectivity index (χ1) is 29.8. The predicted octanol–water partition coefficient (Wildman–Crippen LogP) is 15.0. The van der Waals surface area contributed by atoms with E-state index in [0.717, 1.165) is 39.5 Å². The van der Waals surface area contributed by atoms with Crippen molar-refractivity contribution < 1.29 is 4.42 Å². The number of nitrogens with zero attached hydrogens (tertiary/aromatic N) is 2. The monoisotopic (exact) mass is 764 g/mol. The van der Waals surface area contributed by atoms with Gasteiger partial charge in [-0.2, -0.15) is 0 Å². The smallest absolute Gasteiger partial charge is 0.135 e. The molecular weight excluding hydrogens is 729 g/mol. The second-order valence-electron chi connectivity index (χ2n) is 16.0. The maximum atomic E-state index is 7.08. The van der Waals surface area contributed by atoms with Crippen molar-refractivity contribution in [2.75, 3.05) is 4.90 Å². The highest BCUT2D eigenvalue weighted by Crippen LogP contribution is 2.66. The van der Waals surface area contributed by atoms with Gasteiger partial charge in [-0.1, -0.05) is 158 Å². The standard InChI is InChI=1S/C57H36N2O/c1-3-16-37(17-4-1)38-30-32-40(33-31-38)58(41-34-35-51-46(36-41)42-20-9-13-27-50(42)59(51)39-18-5-2-6-19-39)52-28-15-26-49-55(52)44-22-8-12-25-48(44)57(49)47-24-11-7-21-43(47)54-45-23-10-14-29-53(45)60-56(54)57/h1-36H. The zero-order chi connectivity index (χ0) is 39.4. The van der Waals surface area contributed by atoms with E-state index >= 15 is 0 Å². The highest BCUT2D eigenvalue weighted by molar-refractivity contribution is 6.11. The number of hydrogen-bond donors (Lipinski definition) is 0. The lowest BCUT2D eigenvalue weighted by molar-refractivity contribution is 0.507. The Morgan fingerprint density at radius 1 is 0.400 bits per heavy atom. The molecule has 1 unspecified atom stereocenters. The summed E-state index contributed by atoms with van der Waals surface area (Å²) in [6, 6.07) is 79.5. The minimum Gasteiger partial charge on any atom is -0.459 e. The summed E-state index contributed by atoms with van der Waals surface area (Å²) in [6.45, 7) is 0. The average molecular weight is 765 g/mol. The topological polar surface area (TPSA) is 21.3 Å². The number of furan rings is 1. The summed E-state index contributed by atoms with van der Waals surface area (Å²) in [7, 11) is 0. The van der Waals surface area contributed by atoms with E-state index in [2.05, 4.69) is 228 Å². The lowest BCUT2D eigenvalue weighted by atomic mass is 9.73. The molecule has 9 aromatic carbocycles. The van der Waals surface area contributed by atoms with Crippen LogP contribution in [0.2, 0.25) is 0 Å². The van der Waals surface area contributed by atoms with Crippen molar-refractivity contribution >= 4 is 49.8 Å². The van der Waals surface area contributed by atoms with Crippen molar-refractivity contribution in [3.8, 4) is 39.1 Å². The molecule has 3 heteroatoms. The van der Waals surface area contributed by atoms with E-state index in [9.17, 15) is 0 Å². The Balaban J connectivity index is 1.10. The number of hydrogen-bond acceptors (Lipinski definition) is 2. The highest BCUT2D eigenvalue weighted by Gasteiger charge is 2.55. The van der Waals surface area contributed by atoms with E-state index in [1.807, 2.05) is 0 Å². The molecule has 2 aromatic heterocycles. The predicted molar refractivity (Wildman–Crippen MR) is 247 cm³/mol. The Hall–Kier alpha value is -7.88. The van der Waals surface area contributed by atoms with Crippen molar-refractivity contribution in [3.63, 3.8) is 0 Å². The van der Waals surface area contributed by atoms with Gasteiger partial charge in [0.25, 0.3) is 0 Å². The van der Waals surface area contributed by atoms with Crippen LogP contribution < -0.4 is 4.90 Å².